The molecule has 0 radical (unpaired) electrons. The molecule has 1 aromatic heterocycles. The lowest BCUT2D eigenvalue weighted by Gasteiger charge is -2.05. The predicted molar refractivity (Wildman–Crippen MR) is 77.3 cm³/mol. The number of aryl methyl sites for hydroxylation is 2. The van der Waals surface area contributed by atoms with Crippen molar-refractivity contribution < 1.29 is 9.32 Å². The van der Waals surface area contributed by atoms with Crippen molar-refractivity contribution in [3.8, 4) is 6.07 Å². The van der Waals surface area contributed by atoms with Gasteiger partial charge in [0.15, 0.2) is 0 Å². The first-order chi connectivity index (χ1) is 10.1. The Bertz CT molecular complexity index is 646. The highest BCUT2D eigenvalue weighted by Crippen LogP contribution is 2.14. The molecule has 0 atom stereocenters. The predicted octanol–water partition coefficient (Wildman–Crippen LogP) is 2.41. The van der Waals surface area contributed by atoms with Crippen LogP contribution >= 0.6 is 0 Å². The lowest BCUT2D eigenvalue weighted by atomic mass is 10.1. The number of nitrogens with one attached hydrogen (secondary N) is 1. The molecule has 2 aromatic rings. The summed E-state index contributed by atoms with van der Waals surface area (Å²) in [6.45, 7) is 4.19. The summed E-state index contributed by atoms with van der Waals surface area (Å²) in [5.74, 6) is 0.756. The van der Waals surface area contributed by atoms with Crippen LogP contribution in [0.25, 0.3) is 0 Å². The standard InChI is InChI=1S/C16H17N3O2/c1-11-15(12(2)21-19-11)7-8-16(20)18-10-14-5-3-13(9-17)4-6-14/h3-6H,7-8,10H2,1-2H3,(H,18,20). The fraction of sp³-hybridized carbons (Fsp3) is 0.312. The molecule has 0 aliphatic rings. The Labute approximate surface area is 123 Å². The van der Waals surface area contributed by atoms with Gasteiger partial charge >= 0.3 is 0 Å². The van der Waals surface area contributed by atoms with E-state index in [9.17, 15) is 4.79 Å². The minimum atomic E-state index is -0.0145. The number of nitrogens with zero attached hydrogens (tertiary/aromatic N) is 2. The second-order valence-corrected chi connectivity index (χ2v) is 4.89. The van der Waals surface area contributed by atoms with E-state index in [2.05, 4.69) is 16.5 Å². The largest absolute Gasteiger partial charge is 0.361 e. The van der Waals surface area contributed by atoms with Gasteiger partial charge in [-0.15, -0.1) is 0 Å². The molecule has 108 valence electrons. The van der Waals surface area contributed by atoms with Gasteiger partial charge in [-0.3, -0.25) is 4.79 Å². The minimum Gasteiger partial charge on any atom is -0.361 e. The van der Waals surface area contributed by atoms with Crippen molar-refractivity contribution in [1.82, 2.24) is 10.5 Å². The van der Waals surface area contributed by atoms with E-state index in [1.165, 1.54) is 0 Å². The van der Waals surface area contributed by atoms with Crippen molar-refractivity contribution >= 4 is 5.91 Å². The Morgan fingerprint density at radius 3 is 2.62 bits per heavy atom. The summed E-state index contributed by atoms with van der Waals surface area (Å²) >= 11 is 0. The maximum absolute atomic E-state index is 11.8. The lowest BCUT2D eigenvalue weighted by Crippen LogP contribution is -2.23. The normalized spacial score (nSPS) is 10.1. The first kappa shape index (κ1) is 14.8. The Hall–Kier alpha value is -2.61. The molecule has 2 rings (SSSR count). The van der Waals surface area contributed by atoms with Crippen LogP contribution in [0.4, 0.5) is 0 Å². The lowest BCUT2D eigenvalue weighted by molar-refractivity contribution is -0.121. The Kier molecular flexibility index (Phi) is 4.72. The van der Waals surface area contributed by atoms with Gasteiger partial charge in [0.1, 0.15) is 5.76 Å². The summed E-state index contributed by atoms with van der Waals surface area (Å²) in [6, 6.07) is 9.23. The second kappa shape index (κ2) is 6.71. The molecule has 0 spiro atoms. The Morgan fingerprint density at radius 1 is 1.33 bits per heavy atom. The van der Waals surface area contributed by atoms with Crippen LogP contribution in [0, 0.1) is 25.2 Å². The van der Waals surface area contributed by atoms with Crippen LogP contribution in [0.2, 0.25) is 0 Å². The van der Waals surface area contributed by atoms with Gasteiger partial charge in [-0.2, -0.15) is 5.26 Å². The van der Waals surface area contributed by atoms with E-state index in [0.29, 0.717) is 24.9 Å². The smallest absolute Gasteiger partial charge is 0.220 e. The molecule has 0 bridgehead atoms. The van der Waals surface area contributed by atoms with Gasteiger partial charge < -0.3 is 9.84 Å². The minimum absolute atomic E-state index is 0.0145. The molecule has 1 N–H and O–H groups in total. The average molecular weight is 283 g/mol. The SMILES string of the molecule is Cc1noc(C)c1CCC(=O)NCc1ccc(C#N)cc1. The zero-order valence-electron chi connectivity index (χ0n) is 12.1. The fourth-order valence-electron chi connectivity index (χ4n) is 2.08. The monoisotopic (exact) mass is 283 g/mol. The number of aromatic nitrogens is 1. The average Bonchev–Trinajstić information content (AvgIpc) is 2.82. The van der Waals surface area contributed by atoms with E-state index in [1.54, 1.807) is 12.1 Å². The number of benzene rings is 1. The third-order valence-electron chi connectivity index (χ3n) is 3.36. The van der Waals surface area contributed by atoms with Crippen LogP contribution in [0.15, 0.2) is 28.8 Å². The van der Waals surface area contributed by atoms with E-state index in [1.807, 2.05) is 26.0 Å². The van der Waals surface area contributed by atoms with Crippen molar-refractivity contribution in [3.05, 3.63) is 52.4 Å². The Morgan fingerprint density at radius 2 is 2.05 bits per heavy atom. The van der Waals surface area contributed by atoms with Crippen LogP contribution in [0.5, 0.6) is 0 Å². The number of amides is 1. The molecular weight excluding hydrogens is 266 g/mol. The molecule has 0 unspecified atom stereocenters. The number of carbonyl (C=O) groups is 1. The van der Waals surface area contributed by atoms with Gasteiger partial charge in [0, 0.05) is 18.5 Å². The molecule has 1 heterocycles. The van der Waals surface area contributed by atoms with Crippen molar-refractivity contribution in [1.29, 1.82) is 5.26 Å². The zero-order chi connectivity index (χ0) is 15.2. The maximum atomic E-state index is 11.8. The summed E-state index contributed by atoms with van der Waals surface area (Å²) in [4.78, 5) is 11.8. The van der Waals surface area contributed by atoms with E-state index < -0.39 is 0 Å². The van der Waals surface area contributed by atoms with E-state index in [0.717, 1.165) is 22.6 Å². The molecule has 0 aliphatic carbocycles. The highest BCUT2D eigenvalue weighted by molar-refractivity contribution is 5.76. The highest BCUT2D eigenvalue weighted by Gasteiger charge is 2.10. The third-order valence-corrected chi connectivity index (χ3v) is 3.36. The van der Waals surface area contributed by atoms with Gasteiger partial charge in [0.05, 0.1) is 17.3 Å². The zero-order valence-corrected chi connectivity index (χ0v) is 12.1. The third kappa shape index (κ3) is 3.93. The quantitative estimate of drug-likeness (QED) is 0.914. The summed E-state index contributed by atoms with van der Waals surface area (Å²) < 4.78 is 5.07. The fourth-order valence-corrected chi connectivity index (χ4v) is 2.08. The molecule has 5 heteroatoms. The van der Waals surface area contributed by atoms with Gasteiger partial charge in [-0.05, 0) is 38.0 Å². The highest BCUT2D eigenvalue weighted by atomic mass is 16.5. The summed E-state index contributed by atoms with van der Waals surface area (Å²) in [5.41, 5.74) is 3.43. The van der Waals surface area contributed by atoms with Crippen molar-refractivity contribution in [2.24, 2.45) is 0 Å². The maximum Gasteiger partial charge on any atom is 0.220 e. The molecule has 1 aromatic carbocycles. The van der Waals surface area contributed by atoms with Crippen molar-refractivity contribution in [2.45, 2.75) is 33.2 Å². The second-order valence-electron chi connectivity index (χ2n) is 4.89. The molecule has 0 saturated carbocycles. The molecular formula is C16H17N3O2. The molecule has 21 heavy (non-hydrogen) atoms. The number of rotatable bonds is 5. The van der Waals surface area contributed by atoms with Crippen molar-refractivity contribution in [3.63, 3.8) is 0 Å². The van der Waals surface area contributed by atoms with E-state index in [4.69, 9.17) is 9.78 Å². The first-order valence-electron chi connectivity index (χ1n) is 6.77. The van der Waals surface area contributed by atoms with Gasteiger partial charge in [0.25, 0.3) is 0 Å². The summed E-state index contributed by atoms with van der Waals surface area (Å²) in [6.07, 6.45) is 1.03. The molecule has 1 amide bonds. The number of nitriles is 1. The first-order valence-corrected chi connectivity index (χ1v) is 6.77. The Balaban J connectivity index is 1.81. The van der Waals surface area contributed by atoms with Gasteiger partial charge in [-0.25, -0.2) is 0 Å². The van der Waals surface area contributed by atoms with Gasteiger partial charge in [-0.1, -0.05) is 17.3 Å². The van der Waals surface area contributed by atoms with Crippen molar-refractivity contribution in [2.75, 3.05) is 0 Å². The van der Waals surface area contributed by atoms with Crippen LogP contribution in [0.1, 0.15) is 34.6 Å². The van der Waals surface area contributed by atoms with Crippen LogP contribution in [-0.2, 0) is 17.8 Å². The number of hydrogen-bond donors (Lipinski definition) is 1. The molecule has 0 saturated heterocycles. The van der Waals surface area contributed by atoms with E-state index >= 15 is 0 Å². The summed E-state index contributed by atoms with van der Waals surface area (Å²) in [5, 5.41) is 15.5. The topological polar surface area (TPSA) is 78.9 Å². The molecule has 0 aliphatic heterocycles. The van der Waals surface area contributed by atoms with Crippen LogP contribution in [0.3, 0.4) is 0 Å². The summed E-state index contributed by atoms with van der Waals surface area (Å²) in [7, 11) is 0. The van der Waals surface area contributed by atoms with Gasteiger partial charge in [0.2, 0.25) is 5.91 Å². The number of carbonyl (C=O) groups excluding carboxylic acids is 1. The number of hydrogen-bond acceptors (Lipinski definition) is 4. The van der Waals surface area contributed by atoms with Crippen LogP contribution < -0.4 is 5.32 Å². The molecule has 0 fully saturated rings. The van der Waals surface area contributed by atoms with Crippen LogP contribution in [-0.4, -0.2) is 11.1 Å². The van der Waals surface area contributed by atoms with E-state index in [-0.39, 0.29) is 5.91 Å². The molecule has 5 nitrogen and oxygen atoms in total.